The second-order valence-corrected chi connectivity index (χ2v) is 7.83. The highest BCUT2D eigenvalue weighted by atomic mass is 35.5. The second kappa shape index (κ2) is 12.0. The Morgan fingerprint density at radius 1 is 0.875 bits per heavy atom. The quantitative estimate of drug-likeness (QED) is 0.126. The summed E-state index contributed by atoms with van der Waals surface area (Å²) in [5.74, 6) is 0.884. The van der Waals surface area contributed by atoms with Crippen LogP contribution in [0.2, 0.25) is 5.02 Å². The molecule has 3 rings (SSSR count). The van der Waals surface area contributed by atoms with Gasteiger partial charge in [-0.15, -0.1) is 5.11 Å². The van der Waals surface area contributed by atoms with Crippen LogP contribution < -0.4 is 4.74 Å². The van der Waals surface area contributed by atoms with Crippen LogP contribution in [0.5, 0.6) is 5.75 Å². The molecule has 0 aliphatic carbocycles. The van der Waals surface area contributed by atoms with Crippen molar-refractivity contribution < 1.29 is 9.66 Å². The number of hydrogen-bond donors (Lipinski definition) is 0. The molecule has 0 fully saturated rings. The Labute approximate surface area is 193 Å². The minimum absolute atomic E-state index is 0.0818. The number of nitrogens with zero attached hydrogens (tertiary/aromatic N) is 3. The van der Waals surface area contributed by atoms with Crippen molar-refractivity contribution in [3.63, 3.8) is 0 Å². The first-order valence-electron chi connectivity index (χ1n) is 10.8. The van der Waals surface area contributed by atoms with Crippen molar-refractivity contribution in [2.24, 2.45) is 10.2 Å². The molecule has 3 aromatic rings. The summed E-state index contributed by atoms with van der Waals surface area (Å²) in [4.78, 5) is 10.3. The molecule has 7 heteroatoms. The Morgan fingerprint density at radius 2 is 1.53 bits per heavy atom. The molecule has 0 aliphatic rings. The van der Waals surface area contributed by atoms with Crippen LogP contribution in [0.1, 0.15) is 39.0 Å². The number of nitro groups is 1. The van der Waals surface area contributed by atoms with Crippen molar-refractivity contribution in [2.75, 3.05) is 6.61 Å². The Bertz CT molecular complexity index is 1050. The van der Waals surface area contributed by atoms with Crippen LogP contribution in [0, 0.1) is 10.1 Å². The molecule has 0 unspecified atom stereocenters. The summed E-state index contributed by atoms with van der Waals surface area (Å²) in [6.45, 7) is 2.97. The number of nitro benzene ring substituents is 1. The standard InChI is InChI=1S/C25H26ClN3O3/c1-2-3-4-5-6-17-32-23-14-9-20(10-15-23)19-7-11-21(12-8-19)27-28-25-16-13-22(29(30)31)18-24(25)26/h7-16,18H,2-6,17H2,1H3. The van der Waals surface area contributed by atoms with Crippen LogP contribution >= 0.6 is 11.6 Å². The van der Waals surface area contributed by atoms with Gasteiger partial charge in [-0.1, -0.05) is 68.5 Å². The maximum absolute atomic E-state index is 10.8. The smallest absolute Gasteiger partial charge is 0.271 e. The molecule has 166 valence electrons. The topological polar surface area (TPSA) is 77.1 Å². The summed E-state index contributed by atoms with van der Waals surface area (Å²) in [5.41, 5.74) is 3.10. The van der Waals surface area contributed by atoms with Gasteiger partial charge in [0.05, 0.1) is 22.2 Å². The van der Waals surface area contributed by atoms with Crippen LogP contribution in [0.3, 0.4) is 0 Å². The normalized spacial score (nSPS) is 11.1. The van der Waals surface area contributed by atoms with Gasteiger partial charge >= 0.3 is 0 Å². The van der Waals surface area contributed by atoms with Gasteiger partial charge in [-0.25, -0.2) is 0 Å². The maximum atomic E-state index is 10.8. The molecule has 0 spiro atoms. The first-order valence-corrected chi connectivity index (χ1v) is 11.1. The highest BCUT2D eigenvalue weighted by Gasteiger charge is 2.09. The lowest BCUT2D eigenvalue weighted by Gasteiger charge is -2.07. The fraction of sp³-hybridized carbons (Fsp3) is 0.280. The van der Waals surface area contributed by atoms with Crippen molar-refractivity contribution in [1.82, 2.24) is 0 Å². The minimum Gasteiger partial charge on any atom is -0.494 e. The fourth-order valence-corrected chi connectivity index (χ4v) is 3.37. The van der Waals surface area contributed by atoms with E-state index in [1.54, 1.807) is 0 Å². The molecule has 0 N–H and O–H groups in total. The second-order valence-electron chi connectivity index (χ2n) is 7.43. The molecule has 0 saturated heterocycles. The molecule has 3 aromatic carbocycles. The minimum atomic E-state index is -0.501. The van der Waals surface area contributed by atoms with Gasteiger partial charge in [-0.05, 0) is 47.9 Å². The molecule has 6 nitrogen and oxygen atoms in total. The first kappa shape index (κ1) is 23.4. The molecule has 0 aromatic heterocycles. The van der Waals surface area contributed by atoms with Crippen molar-refractivity contribution in [3.05, 3.63) is 81.9 Å². The monoisotopic (exact) mass is 451 g/mol. The van der Waals surface area contributed by atoms with E-state index < -0.39 is 4.92 Å². The molecule has 0 amide bonds. The number of hydrogen-bond acceptors (Lipinski definition) is 5. The van der Waals surface area contributed by atoms with Crippen molar-refractivity contribution in [2.45, 2.75) is 39.0 Å². The third-order valence-electron chi connectivity index (χ3n) is 4.99. The highest BCUT2D eigenvalue weighted by molar-refractivity contribution is 6.33. The van der Waals surface area contributed by atoms with E-state index in [0.29, 0.717) is 11.4 Å². The van der Waals surface area contributed by atoms with Crippen LogP contribution in [-0.2, 0) is 0 Å². The van der Waals surface area contributed by atoms with Crippen LogP contribution in [0.4, 0.5) is 17.1 Å². The first-order chi connectivity index (χ1) is 15.6. The molecule has 0 atom stereocenters. The molecular weight excluding hydrogens is 426 g/mol. The lowest BCUT2D eigenvalue weighted by atomic mass is 10.1. The zero-order valence-electron chi connectivity index (χ0n) is 18.0. The maximum Gasteiger partial charge on any atom is 0.271 e. The van der Waals surface area contributed by atoms with Gasteiger partial charge < -0.3 is 4.74 Å². The average molecular weight is 452 g/mol. The van der Waals surface area contributed by atoms with E-state index in [1.807, 2.05) is 48.5 Å². The molecule has 0 heterocycles. The summed E-state index contributed by atoms with van der Waals surface area (Å²) in [7, 11) is 0. The van der Waals surface area contributed by atoms with Crippen molar-refractivity contribution in [1.29, 1.82) is 0 Å². The molecule has 0 aliphatic heterocycles. The van der Waals surface area contributed by atoms with E-state index in [0.717, 1.165) is 29.9 Å². The highest BCUT2D eigenvalue weighted by Crippen LogP contribution is 2.31. The molecule has 0 bridgehead atoms. The lowest BCUT2D eigenvalue weighted by molar-refractivity contribution is -0.384. The fourth-order valence-electron chi connectivity index (χ4n) is 3.16. The zero-order valence-corrected chi connectivity index (χ0v) is 18.8. The summed E-state index contributed by atoms with van der Waals surface area (Å²) in [6, 6.07) is 19.8. The Hall–Kier alpha value is -3.25. The van der Waals surface area contributed by atoms with E-state index in [4.69, 9.17) is 16.3 Å². The van der Waals surface area contributed by atoms with Gasteiger partial charge in [0, 0.05) is 12.1 Å². The van der Waals surface area contributed by atoms with Gasteiger partial charge in [0.2, 0.25) is 0 Å². The number of unbranched alkanes of at least 4 members (excludes halogenated alkanes) is 4. The Morgan fingerprint density at radius 3 is 2.16 bits per heavy atom. The number of ether oxygens (including phenoxy) is 1. The van der Waals surface area contributed by atoms with Gasteiger partial charge in [-0.2, -0.15) is 5.11 Å². The number of non-ortho nitro benzene ring substituents is 1. The van der Waals surface area contributed by atoms with E-state index in [-0.39, 0.29) is 10.7 Å². The van der Waals surface area contributed by atoms with Crippen molar-refractivity contribution in [3.8, 4) is 16.9 Å². The van der Waals surface area contributed by atoms with E-state index in [2.05, 4.69) is 17.2 Å². The van der Waals surface area contributed by atoms with Gasteiger partial charge in [-0.3, -0.25) is 10.1 Å². The van der Waals surface area contributed by atoms with E-state index in [9.17, 15) is 10.1 Å². The van der Waals surface area contributed by atoms with Crippen LogP contribution in [0.15, 0.2) is 77.0 Å². The third kappa shape index (κ3) is 6.89. The predicted octanol–water partition coefficient (Wildman–Crippen LogP) is 8.68. The Balaban J connectivity index is 1.56. The lowest BCUT2D eigenvalue weighted by Crippen LogP contribution is -1.97. The van der Waals surface area contributed by atoms with Gasteiger partial charge in [0.1, 0.15) is 11.4 Å². The van der Waals surface area contributed by atoms with Crippen LogP contribution in [0.25, 0.3) is 11.1 Å². The van der Waals surface area contributed by atoms with E-state index in [1.165, 1.54) is 43.9 Å². The van der Waals surface area contributed by atoms with Crippen molar-refractivity contribution >= 4 is 28.7 Å². The SMILES string of the molecule is CCCCCCCOc1ccc(-c2ccc(N=Nc3ccc([N+](=O)[O-])cc3Cl)cc2)cc1. The summed E-state index contributed by atoms with van der Waals surface area (Å²) < 4.78 is 5.82. The number of rotatable bonds is 11. The summed E-state index contributed by atoms with van der Waals surface area (Å²) in [5, 5.41) is 19.2. The molecule has 0 radical (unpaired) electrons. The molecule has 0 saturated carbocycles. The average Bonchev–Trinajstić information content (AvgIpc) is 2.81. The number of benzene rings is 3. The third-order valence-corrected chi connectivity index (χ3v) is 5.29. The predicted molar refractivity (Wildman–Crippen MR) is 128 cm³/mol. The number of halogens is 1. The summed E-state index contributed by atoms with van der Waals surface area (Å²) >= 11 is 6.05. The Kier molecular flexibility index (Phi) is 8.75. The van der Waals surface area contributed by atoms with Crippen LogP contribution in [-0.4, -0.2) is 11.5 Å². The van der Waals surface area contributed by atoms with Gasteiger partial charge in [0.25, 0.3) is 5.69 Å². The van der Waals surface area contributed by atoms with E-state index >= 15 is 0 Å². The summed E-state index contributed by atoms with van der Waals surface area (Å²) in [6.07, 6.45) is 6.12. The van der Waals surface area contributed by atoms with Gasteiger partial charge in [0.15, 0.2) is 0 Å². The number of azo groups is 1. The molecule has 32 heavy (non-hydrogen) atoms. The zero-order chi connectivity index (χ0) is 22.8. The largest absolute Gasteiger partial charge is 0.494 e. The molecular formula is C25H26ClN3O3.